The molecule has 29 heavy (non-hydrogen) atoms. The van der Waals surface area contributed by atoms with Gasteiger partial charge in [-0.15, -0.1) is 0 Å². The summed E-state index contributed by atoms with van der Waals surface area (Å²) >= 11 is 0. The van der Waals surface area contributed by atoms with E-state index >= 15 is 0 Å². The van der Waals surface area contributed by atoms with E-state index in [2.05, 4.69) is 23.2 Å². The molecule has 1 N–H and O–H groups in total. The molecule has 0 saturated heterocycles. The van der Waals surface area contributed by atoms with Crippen molar-refractivity contribution in [1.29, 1.82) is 5.26 Å². The summed E-state index contributed by atoms with van der Waals surface area (Å²) in [5.74, 6) is 0.991. The molecule has 2 heterocycles. The van der Waals surface area contributed by atoms with E-state index in [0.29, 0.717) is 29.0 Å². The zero-order valence-electron chi connectivity index (χ0n) is 16.0. The standard InChI is InChI=1S/C24H20N2O3/c1-28-20-14-26-15-21-22(20)23(27)12-11-19(17-5-3-2-4-6-17)24(23,29-21)18-9-7-16(13-25)8-10-18/h2-10,14-15,19,27H,11-12H2,1H3/t19?,23?,24-/m0/s1. The second-order valence-electron chi connectivity index (χ2n) is 7.60. The lowest BCUT2D eigenvalue weighted by molar-refractivity contribution is -0.106. The van der Waals surface area contributed by atoms with Gasteiger partial charge >= 0.3 is 0 Å². The highest BCUT2D eigenvalue weighted by Crippen LogP contribution is 2.67. The highest BCUT2D eigenvalue weighted by molar-refractivity contribution is 5.57. The molecule has 3 atom stereocenters. The summed E-state index contributed by atoms with van der Waals surface area (Å²) in [7, 11) is 1.58. The summed E-state index contributed by atoms with van der Waals surface area (Å²) in [6, 6.07) is 19.6. The number of methoxy groups -OCH3 is 1. The summed E-state index contributed by atoms with van der Waals surface area (Å²) in [5.41, 5.74) is 0.860. The third-order valence-electron chi connectivity index (χ3n) is 6.33. The number of aliphatic hydroxyl groups is 1. The van der Waals surface area contributed by atoms with Crippen LogP contribution < -0.4 is 9.47 Å². The molecule has 1 aromatic heterocycles. The number of nitriles is 1. The number of rotatable bonds is 3. The van der Waals surface area contributed by atoms with Crippen molar-refractivity contribution in [3.8, 4) is 17.6 Å². The number of hydrogen-bond acceptors (Lipinski definition) is 5. The van der Waals surface area contributed by atoms with Gasteiger partial charge in [0.1, 0.15) is 17.1 Å². The van der Waals surface area contributed by atoms with Crippen LogP contribution in [0.1, 0.15) is 41.0 Å². The maximum absolute atomic E-state index is 12.2. The largest absolute Gasteiger partial charge is 0.495 e. The van der Waals surface area contributed by atoms with Crippen LogP contribution in [0.4, 0.5) is 0 Å². The third-order valence-corrected chi connectivity index (χ3v) is 6.33. The van der Waals surface area contributed by atoms with Gasteiger partial charge in [-0.3, -0.25) is 4.98 Å². The van der Waals surface area contributed by atoms with Crippen LogP contribution in [0.2, 0.25) is 0 Å². The molecule has 5 heteroatoms. The molecule has 2 aliphatic rings. The Morgan fingerprint density at radius 2 is 1.90 bits per heavy atom. The van der Waals surface area contributed by atoms with Gasteiger partial charge in [0, 0.05) is 5.92 Å². The zero-order chi connectivity index (χ0) is 20.1. The van der Waals surface area contributed by atoms with Crippen LogP contribution in [0.15, 0.2) is 67.0 Å². The summed E-state index contributed by atoms with van der Waals surface area (Å²) in [6.07, 6.45) is 4.54. The summed E-state index contributed by atoms with van der Waals surface area (Å²) in [4.78, 5) is 4.23. The Morgan fingerprint density at radius 3 is 2.59 bits per heavy atom. The Morgan fingerprint density at radius 1 is 1.14 bits per heavy atom. The Hall–Kier alpha value is -3.36. The van der Waals surface area contributed by atoms with Gasteiger partial charge in [-0.1, -0.05) is 42.5 Å². The number of hydrogen-bond donors (Lipinski definition) is 1. The number of fused-ring (bicyclic) bond motifs is 3. The van der Waals surface area contributed by atoms with Gasteiger partial charge in [0.2, 0.25) is 0 Å². The SMILES string of the molecule is COc1cncc2c1C1(O)CCC(c3ccccc3)[C@]1(c1ccc(C#N)cc1)O2. The van der Waals surface area contributed by atoms with Crippen molar-refractivity contribution in [3.05, 3.63) is 89.2 Å². The van der Waals surface area contributed by atoms with Crippen molar-refractivity contribution in [3.63, 3.8) is 0 Å². The molecule has 1 fully saturated rings. The summed E-state index contributed by atoms with van der Waals surface area (Å²) < 4.78 is 12.2. The molecular weight excluding hydrogens is 364 g/mol. The summed E-state index contributed by atoms with van der Waals surface area (Å²) in [5, 5.41) is 21.4. The normalized spacial score (nSPS) is 26.9. The molecule has 2 unspecified atom stereocenters. The van der Waals surface area contributed by atoms with Crippen LogP contribution in [0, 0.1) is 11.3 Å². The minimum atomic E-state index is -1.27. The second kappa shape index (κ2) is 6.33. The lowest BCUT2D eigenvalue weighted by Crippen LogP contribution is -2.48. The fourth-order valence-corrected chi connectivity index (χ4v) is 5.11. The number of aromatic nitrogens is 1. The Balaban J connectivity index is 1.77. The van der Waals surface area contributed by atoms with E-state index in [4.69, 9.17) is 9.47 Å². The molecule has 5 nitrogen and oxygen atoms in total. The van der Waals surface area contributed by atoms with E-state index in [9.17, 15) is 10.4 Å². The minimum absolute atomic E-state index is 0.0706. The van der Waals surface area contributed by atoms with Crippen molar-refractivity contribution >= 4 is 0 Å². The lowest BCUT2D eigenvalue weighted by atomic mass is 9.71. The summed E-state index contributed by atoms with van der Waals surface area (Å²) in [6.45, 7) is 0. The fraction of sp³-hybridized carbons (Fsp3) is 0.250. The van der Waals surface area contributed by atoms with Gasteiger partial charge in [-0.05, 0) is 36.1 Å². The molecule has 0 spiro atoms. The van der Waals surface area contributed by atoms with E-state index < -0.39 is 11.2 Å². The predicted octanol–water partition coefficient (Wildman–Crippen LogP) is 4.01. The van der Waals surface area contributed by atoms with Crippen LogP contribution in [-0.2, 0) is 11.2 Å². The van der Waals surface area contributed by atoms with E-state index in [1.807, 2.05) is 30.3 Å². The molecule has 1 saturated carbocycles. The van der Waals surface area contributed by atoms with E-state index in [1.54, 1.807) is 31.6 Å². The van der Waals surface area contributed by atoms with Crippen molar-refractivity contribution < 1.29 is 14.6 Å². The van der Waals surface area contributed by atoms with Crippen molar-refractivity contribution in [2.75, 3.05) is 7.11 Å². The molecule has 1 aliphatic carbocycles. The Labute approximate surface area is 169 Å². The quantitative estimate of drug-likeness (QED) is 0.738. The number of ether oxygens (including phenoxy) is 2. The first-order valence-electron chi connectivity index (χ1n) is 9.63. The van der Waals surface area contributed by atoms with Gasteiger partial charge in [0.25, 0.3) is 0 Å². The number of pyridine rings is 1. The Kier molecular flexibility index (Phi) is 3.87. The van der Waals surface area contributed by atoms with Crippen LogP contribution in [0.25, 0.3) is 0 Å². The molecule has 0 radical (unpaired) electrons. The van der Waals surface area contributed by atoms with E-state index in [1.165, 1.54) is 0 Å². The highest BCUT2D eigenvalue weighted by atomic mass is 16.5. The van der Waals surface area contributed by atoms with Crippen molar-refractivity contribution in [2.45, 2.75) is 30.0 Å². The monoisotopic (exact) mass is 384 g/mol. The topological polar surface area (TPSA) is 75.4 Å². The number of nitrogens with zero attached hydrogens (tertiary/aromatic N) is 2. The minimum Gasteiger partial charge on any atom is -0.495 e. The Bertz CT molecular complexity index is 1110. The van der Waals surface area contributed by atoms with Crippen LogP contribution >= 0.6 is 0 Å². The van der Waals surface area contributed by atoms with Crippen molar-refractivity contribution in [1.82, 2.24) is 4.98 Å². The van der Waals surface area contributed by atoms with Crippen LogP contribution in [0.3, 0.4) is 0 Å². The van der Waals surface area contributed by atoms with Gasteiger partial charge in [-0.25, -0.2) is 0 Å². The molecule has 1 aliphatic heterocycles. The molecule has 0 bridgehead atoms. The molecule has 5 rings (SSSR count). The first-order valence-corrected chi connectivity index (χ1v) is 9.63. The average Bonchev–Trinajstić information content (AvgIpc) is 3.21. The fourth-order valence-electron chi connectivity index (χ4n) is 5.11. The lowest BCUT2D eigenvalue weighted by Gasteiger charge is -2.40. The molecule has 144 valence electrons. The van der Waals surface area contributed by atoms with E-state index in [0.717, 1.165) is 17.5 Å². The first kappa shape index (κ1) is 17.7. The van der Waals surface area contributed by atoms with Gasteiger partial charge in [-0.2, -0.15) is 5.26 Å². The second-order valence-corrected chi connectivity index (χ2v) is 7.60. The molecule has 2 aromatic carbocycles. The van der Waals surface area contributed by atoms with Gasteiger partial charge in [0.05, 0.1) is 36.7 Å². The zero-order valence-corrected chi connectivity index (χ0v) is 16.0. The third kappa shape index (κ3) is 2.27. The van der Waals surface area contributed by atoms with Crippen LogP contribution in [-0.4, -0.2) is 17.2 Å². The highest BCUT2D eigenvalue weighted by Gasteiger charge is 2.69. The maximum atomic E-state index is 12.2. The van der Waals surface area contributed by atoms with Gasteiger partial charge in [0.15, 0.2) is 5.60 Å². The van der Waals surface area contributed by atoms with E-state index in [-0.39, 0.29) is 5.92 Å². The van der Waals surface area contributed by atoms with Gasteiger partial charge < -0.3 is 14.6 Å². The number of benzene rings is 2. The van der Waals surface area contributed by atoms with Crippen molar-refractivity contribution in [2.24, 2.45) is 0 Å². The van der Waals surface area contributed by atoms with Crippen LogP contribution in [0.5, 0.6) is 11.5 Å². The molecule has 0 amide bonds. The predicted molar refractivity (Wildman–Crippen MR) is 107 cm³/mol. The average molecular weight is 384 g/mol. The smallest absolute Gasteiger partial charge is 0.174 e. The first-order chi connectivity index (χ1) is 14.1. The molecular formula is C24H20N2O3. The maximum Gasteiger partial charge on any atom is 0.174 e. The molecule has 3 aromatic rings.